The molecule has 0 aliphatic rings. The standard InChI is InChI=1S/C22H19ClN4O3S/c1-29-11-12-30-17-8-4-15(5-9-17)20-25-18(14-2-6-16(23)7-3-14)19(26-20)21(28)27-22-24-10-13-31-22/h2-10,13H,11-12H2,1H3,(H,25,26)(H,24,27,28). The Morgan fingerprint density at radius 2 is 1.84 bits per heavy atom. The fraction of sp³-hybridized carbons (Fsp3) is 0.136. The number of amides is 1. The first-order chi connectivity index (χ1) is 15.1. The third kappa shape index (κ3) is 5.11. The third-order valence-electron chi connectivity index (χ3n) is 4.39. The predicted molar refractivity (Wildman–Crippen MR) is 122 cm³/mol. The first-order valence-corrected chi connectivity index (χ1v) is 10.7. The van der Waals surface area contributed by atoms with Gasteiger partial charge in [0.05, 0.1) is 6.61 Å². The van der Waals surface area contributed by atoms with Gasteiger partial charge in [0.1, 0.15) is 29.6 Å². The Bertz CT molecular complexity index is 1140. The molecule has 31 heavy (non-hydrogen) atoms. The first kappa shape index (κ1) is 21.0. The van der Waals surface area contributed by atoms with Crippen LogP contribution in [0.15, 0.2) is 60.1 Å². The number of imidazole rings is 1. The Hall–Kier alpha value is -3.20. The van der Waals surface area contributed by atoms with Crippen molar-refractivity contribution in [2.45, 2.75) is 0 Å². The number of nitrogens with one attached hydrogen (secondary N) is 2. The monoisotopic (exact) mass is 454 g/mol. The number of methoxy groups -OCH3 is 1. The van der Waals surface area contributed by atoms with Gasteiger partial charge in [0.15, 0.2) is 5.13 Å². The minimum absolute atomic E-state index is 0.321. The highest BCUT2D eigenvalue weighted by molar-refractivity contribution is 7.13. The molecule has 2 heterocycles. The molecule has 0 radical (unpaired) electrons. The maximum absolute atomic E-state index is 12.9. The SMILES string of the molecule is COCCOc1ccc(-c2nc(-c3ccc(Cl)cc3)c(C(=O)Nc3nccs3)[nH]2)cc1. The maximum atomic E-state index is 12.9. The lowest BCUT2D eigenvalue weighted by Crippen LogP contribution is -2.13. The fourth-order valence-electron chi connectivity index (χ4n) is 2.89. The minimum atomic E-state index is -0.321. The van der Waals surface area contributed by atoms with Crippen LogP contribution in [0.5, 0.6) is 5.75 Å². The second kappa shape index (κ2) is 9.74. The molecule has 2 aromatic heterocycles. The molecule has 0 bridgehead atoms. The molecule has 0 unspecified atom stereocenters. The van der Waals surface area contributed by atoms with Crippen molar-refractivity contribution >= 4 is 34.0 Å². The summed E-state index contributed by atoms with van der Waals surface area (Å²) in [5, 5.41) is 5.72. The first-order valence-electron chi connectivity index (χ1n) is 9.43. The van der Waals surface area contributed by atoms with E-state index in [1.165, 1.54) is 11.3 Å². The lowest BCUT2D eigenvalue weighted by molar-refractivity contribution is 0.102. The van der Waals surface area contributed by atoms with Gasteiger partial charge in [-0.15, -0.1) is 11.3 Å². The van der Waals surface area contributed by atoms with Crippen LogP contribution >= 0.6 is 22.9 Å². The quantitative estimate of drug-likeness (QED) is 0.360. The number of benzene rings is 2. The number of hydrogen-bond acceptors (Lipinski definition) is 6. The molecule has 7 nitrogen and oxygen atoms in total. The molecule has 4 aromatic rings. The lowest BCUT2D eigenvalue weighted by Gasteiger charge is -2.05. The zero-order chi connectivity index (χ0) is 21.6. The van der Waals surface area contributed by atoms with Crippen LogP contribution < -0.4 is 10.1 Å². The summed E-state index contributed by atoms with van der Waals surface area (Å²) in [7, 11) is 1.63. The van der Waals surface area contributed by atoms with Gasteiger partial charge in [0.2, 0.25) is 0 Å². The zero-order valence-corrected chi connectivity index (χ0v) is 18.2. The number of carbonyl (C=O) groups is 1. The molecule has 1 amide bonds. The van der Waals surface area contributed by atoms with Crippen molar-refractivity contribution in [2.75, 3.05) is 25.6 Å². The van der Waals surface area contributed by atoms with Gasteiger partial charge in [-0.1, -0.05) is 23.7 Å². The summed E-state index contributed by atoms with van der Waals surface area (Å²) in [6.45, 7) is 0.986. The van der Waals surface area contributed by atoms with Crippen molar-refractivity contribution in [3.63, 3.8) is 0 Å². The largest absolute Gasteiger partial charge is 0.491 e. The summed E-state index contributed by atoms with van der Waals surface area (Å²) in [4.78, 5) is 24.9. The lowest BCUT2D eigenvalue weighted by atomic mass is 10.1. The van der Waals surface area contributed by atoms with Crippen LogP contribution in [-0.4, -0.2) is 41.2 Å². The van der Waals surface area contributed by atoms with Crippen molar-refractivity contribution in [2.24, 2.45) is 0 Å². The predicted octanol–water partition coefficient (Wildman–Crippen LogP) is 5.13. The molecule has 9 heteroatoms. The molecule has 0 atom stereocenters. The number of aromatic nitrogens is 3. The van der Waals surface area contributed by atoms with Gasteiger partial charge in [-0.25, -0.2) is 9.97 Å². The summed E-state index contributed by atoms with van der Waals surface area (Å²) in [5.41, 5.74) is 2.47. The molecule has 2 aromatic carbocycles. The zero-order valence-electron chi connectivity index (χ0n) is 16.6. The van der Waals surface area contributed by atoms with Crippen LogP contribution in [-0.2, 0) is 4.74 Å². The number of hydrogen-bond donors (Lipinski definition) is 2. The van der Waals surface area contributed by atoms with E-state index in [4.69, 9.17) is 26.1 Å². The van der Waals surface area contributed by atoms with E-state index in [0.29, 0.717) is 40.6 Å². The summed E-state index contributed by atoms with van der Waals surface area (Å²) in [6.07, 6.45) is 1.63. The summed E-state index contributed by atoms with van der Waals surface area (Å²) < 4.78 is 10.6. The van der Waals surface area contributed by atoms with Crippen LogP contribution in [0.1, 0.15) is 10.5 Å². The second-order valence-corrected chi connectivity index (χ2v) is 7.80. The molecule has 158 valence electrons. The number of carbonyl (C=O) groups excluding carboxylic acids is 1. The van der Waals surface area contributed by atoms with Gasteiger partial charge < -0.3 is 14.5 Å². The van der Waals surface area contributed by atoms with E-state index >= 15 is 0 Å². The number of nitrogens with zero attached hydrogens (tertiary/aromatic N) is 2. The maximum Gasteiger partial charge on any atom is 0.276 e. The highest BCUT2D eigenvalue weighted by Crippen LogP contribution is 2.29. The number of ether oxygens (including phenoxy) is 2. The third-order valence-corrected chi connectivity index (χ3v) is 5.33. The van der Waals surface area contributed by atoms with Gasteiger partial charge in [0, 0.05) is 34.8 Å². The van der Waals surface area contributed by atoms with E-state index in [0.717, 1.165) is 16.9 Å². The van der Waals surface area contributed by atoms with Crippen molar-refractivity contribution in [3.05, 3.63) is 70.8 Å². The number of thiazole rings is 1. The Labute approximate surface area is 188 Å². The highest BCUT2D eigenvalue weighted by atomic mass is 35.5. The van der Waals surface area contributed by atoms with E-state index in [1.54, 1.807) is 30.8 Å². The van der Waals surface area contributed by atoms with Crippen LogP contribution in [0.3, 0.4) is 0 Å². The Morgan fingerprint density at radius 1 is 1.10 bits per heavy atom. The molecule has 0 aliphatic heterocycles. The van der Waals surface area contributed by atoms with Crippen LogP contribution in [0, 0.1) is 0 Å². The summed E-state index contributed by atoms with van der Waals surface area (Å²) in [6, 6.07) is 14.7. The Balaban J connectivity index is 1.65. The Kier molecular flexibility index (Phi) is 6.61. The van der Waals surface area contributed by atoms with Gasteiger partial charge >= 0.3 is 0 Å². The van der Waals surface area contributed by atoms with E-state index in [1.807, 2.05) is 36.4 Å². The molecule has 0 saturated carbocycles. The molecule has 0 aliphatic carbocycles. The van der Waals surface area contributed by atoms with Gasteiger partial charge in [-0.3, -0.25) is 10.1 Å². The van der Waals surface area contributed by atoms with Crippen molar-refractivity contribution < 1.29 is 14.3 Å². The molecule has 0 spiro atoms. The van der Waals surface area contributed by atoms with E-state index in [9.17, 15) is 4.79 Å². The second-order valence-electron chi connectivity index (χ2n) is 6.47. The normalized spacial score (nSPS) is 10.8. The fourth-order valence-corrected chi connectivity index (χ4v) is 3.54. The molecule has 0 saturated heterocycles. The molecule has 0 fully saturated rings. The molecular formula is C22H19ClN4O3S. The Morgan fingerprint density at radius 3 is 2.52 bits per heavy atom. The van der Waals surface area contributed by atoms with Crippen molar-refractivity contribution in [1.82, 2.24) is 15.0 Å². The van der Waals surface area contributed by atoms with E-state index in [2.05, 4.69) is 15.3 Å². The number of anilines is 1. The average Bonchev–Trinajstić information content (AvgIpc) is 3.45. The van der Waals surface area contributed by atoms with Crippen molar-refractivity contribution in [3.8, 4) is 28.4 Å². The summed E-state index contributed by atoms with van der Waals surface area (Å²) in [5.74, 6) is 0.975. The molecule has 4 rings (SSSR count). The molecular weight excluding hydrogens is 436 g/mol. The number of halogens is 1. The van der Waals surface area contributed by atoms with E-state index in [-0.39, 0.29) is 5.91 Å². The van der Waals surface area contributed by atoms with Crippen LogP contribution in [0.2, 0.25) is 5.02 Å². The number of rotatable bonds is 8. The smallest absolute Gasteiger partial charge is 0.276 e. The van der Waals surface area contributed by atoms with Gasteiger partial charge in [-0.05, 0) is 36.4 Å². The minimum Gasteiger partial charge on any atom is -0.491 e. The number of aromatic amines is 1. The van der Waals surface area contributed by atoms with Gasteiger partial charge in [0.25, 0.3) is 5.91 Å². The summed E-state index contributed by atoms with van der Waals surface area (Å²) >= 11 is 7.37. The number of H-pyrrole nitrogens is 1. The highest BCUT2D eigenvalue weighted by Gasteiger charge is 2.20. The van der Waals surface area contributed by atoms with Crippen LogP contribution in [0.4, 0.5) is 5.13 Å². The van der Waals surface area contributed by atoms with E-state index < -0.39 is 0 Å². The van der Waals surface area contributed by atoms with Gasteiger partial charge in [-0.2, -0.15) is 0 Å². The van der Waals surface area contributed by atoms with Crippen LogP contribution in [0.25, 0.3) is 22.6 Å². The molecule has 2 N–H and O–H groups in total. The van der Waals surface area contributed by atoms with Crippen molar-refractivity contribution in [1.29, 1.82) is 0 Å². The topological polar surface area (TPSA) is 89.1 Å². The average molecular weight is 455 g/mol.